The van der Waals surface area contributed by atoms with E-state index in [9.17, 15) is 4.79 Å². The van der Waals surface area contributed by atoms with Gasteiger partial charge in [0.15, 0.2) is 0 Å². The van der Waals surface area contributed by atoms with Gasteiger partial charge >= 0.3 is 0 Å². The molecule has 2 N–H and O–H groups in total. The van der Waals surface area contributed by atoms with Gasteiger partial charge in [0, 0.05) is 29.6 Å². The number of amides is 1. The van der Waals surface area contributed by atoms with Crippen LogP contribution >= 0.6 is 0 Å². The van der Waals surface area contributed by atoms with Gasteiger partial charge in [-0.3, -0.25) is 4.79 Å². The van der Waals surface area contributed by atoms with Crippen molar-refractivity contribution in [1.29, 1.82) is 0 Å². The summed E-state index contributed by atoms with van der Waals surface area (Å²) in [6.07, 6.45) is 10.2. The highest BCUT2D eigenvalue weighted by Crippen LogP contribution is 2.60. The van der Waals surface area contributed by atoms with Crippen LogP contribution in [-0.2, 0) is 4.79 Å². The van der Waals surface area contributed by atoms with Crippen molar-refractivity contribution in [2.24, 2.45) is 34.1 Å². The van der Waals surface area contributed by atoms with Crippen molar-refractivity contribution in [1.82, 2.24) is 4.90 Å². The number of fused-ring (bicyclic) bond motifs is 5. The largest absolute Gasteiger partial charge is 0.337 e. The molecule has 4 nitrogen and oxygen atoms in total. The Balaban J connectivity index is 1.68. The Hall–Kier alpha value is -1.06. The molecule has 0 radical (unpaired) electrons. The molecular formula is C19H31N3O. The molecule has 2 aliphatic carbocycles. The quantitative estimate of drug-likeness (QED) is 0.550. The van der Waals surface area contributed by atoms with Gasteiger partial charge in [-0.1, -0.05) is 13.3 Å². The highest BCUT2D eigenvalue weighted by atomic mass is 16.2. The molecule has 4 fully saturated rings. The van der Waals surface area contributed by atoms with Crippen molar-refractivity contribution < 1.29 is 4.79 Å². The van der Waals surface area contributed by atoms with E-state index in [0.717, 1.165) is 37.6 Å². The SMILES string of the molecule is CC12CCC3C(CCN4C(=O)CCCCC34C)C1CCC2=NN. The normalized spacial score (nSPS) is 48.6. The van der Waals surface area contributed by atoms with E-state index in [1.807, 2.05) is 0 Å². The molecule has 1 amide bonds. The molecule has 4 heteroatoms. The molecule has 5 unspecified atom stereocenters. The van der Waals surface area contributed by atoms with Gasteiger partial charge in [0.25, 0.3) is 0 Å². The molecule has 0 aromatic carbocycles. The van der Waals surface area contributed by atoms with Gasteiger partial charge in [0.1, 0.15) is 0 Å². The number of hydrazone groups is 1. The number of hydrogen-bond acceptors (Lipinski definition) is 3. The van der Waals surface area contributed by atoms with E-state index in [4.69, 9.17) is 5.84 Å². The predicted molar refractivity (Wildman–Crippen MR) is 91.9 cm³/mol. The molecule has 2 saturated carbocycles. The smallest absolute Gasteiger partial charge is 0.223 e. The first-order valence-corrected chi connectivity index (χ1v) is 9.58. The van der Waals surface area contributed by atoms with Crippen molar-refractivity contribution in [3.63, 3.8) is 0 Å². The Morgan fingerprint density at radius 2 is 1.91 bits per heavy atom. The predicted octanol–water partition coefficient (Wildman–Crippen LogP) is 3.31. The maximum atomic E-state index is 12.6. The van der Waals surface area contributed by atoms with Gasteiger partial charge in [-0.15, -0.1) is 0 Å². The summed E-state index contributed by atoms with van der Waals surface area (Å²) >= 11 is 0. The zero-order valence-electron chi connectivity index (χ0n) is 14.7. The number of carbonyl (C=O) groups is 1. The third kappa shape index (κ3) is 2.02. The summed E-state index contributed by atoms with van der Waals surface area (Å²) in [4.78, 5) is 14.9. The lowest BCUT2D eigenvalue weighted by Gasteiger charge is -2.59. The Bertz CT molecular complexity index is 545. The third-order valence-electron chi connectivity index (χ3n) is 8.06. The molecule has 2 saturated heterocycles. The number of carbonyl (C=O) groups excluding carboxylic acids is 1. The maximum Gasteiger partial charge on any atom is 0.223 e. The van der Waals surface area contributed by atoms with E-state index in [0.29, 0.717) is 11.8 Å². The van der Waals surface area contributed by atoms with Crippen molar-refractivity contribution in [2.45, 2.75) is 77.2 Å². The lowest BCUT2D eigenvalue weighted by molar-refractivity contribution is -0.150. The molecular weight excluding hydrogens is 286 g/mol. The van der Waals surface area contributed by atoms with E-state index in [-0.39, 0.29) is 11.0 Å². The van der Waals surface area contributed by atoms with Crippen LogP contribution in [0.5, 0.6) is 0 Å². The van der Waals surface area contributed by atoms with Gasteiger partial charge < -0.3 is 10.7 Å². The fraction of sp³-hybridized carbons (Fsp3) is 0.895. The standard InChI is InChI=1S/C19H31N3O/c1-18-11-8-15-13(14(18)6-7-16(18)21-20)9-12-22-17(23)5-3-4-10-19(15,22)2/h13-15H,3-12,20H2,1-2H3. The minimum Gasteiger partial charge on any atom is -0.337 e. The Labute approximate surface area is 139 Å². The van der Waals surface area contributed by atoms with E-state index < -0.39 is 0 Å². The molecule has 4 aliphatic rings. The highest BCUT2D eigenvalue weighted by Gasteiger charge is 2.59. The molecule has 0 aromatic heterocycles. The average Bonchev–Trinajstić information content (AvgIpc) is 2.79. The summed E-state index contributed by atoms with van der Waals surface area (Å²) in [7, 11) is 0. The molecule has 5 atom stereocenters. The minimum atomic E-state index is 0.0977. The zero-order valence-corrected chi connectivity index (χ0v) is 14.7. The topological polar surface area (TPSA) is 58.7 Å². The Kier molecular flexibility index (Phi) is 3.51. The van der Waals surface area contributed by atoms with Crippen molar-refractivity contribution in [2.75, 3.05) is 6.54 Å². The molecule has 23 heavy (non-hydrogen) atoms. The molecule has 4 rings (SSSR count). The Morgan fingerprint density at radius 1 is 1.09 bits per heavy atom. The van der Waals surface area contributed by atoms with Crippen LogP contribution in [0, 0.1) is 23.2 Å². The monoisotopic (exact) mass is 317 g/mol. The van der Waals surface area contributed by atoms with E-state index in [1.54, 1.807) is 0 Å². The summed E-state index contributed by atoms with van der Waals surface area (Å²) < 4.78 is 0. The zero-order chi connectivity index (χ0) is 16.2. The van der Waals surface area contributed by atoms with Crippen LogP contribution in [-0.4, -0.2) is 28.6 Å². The molecule has 2 aliphatic heterocycles. The van der Waals surface area contributed by atoms with E-state index in [1.165, 1.54) is 44.2 Å². The molecule has 0 aromatic rings. The van der Waals surface area contributed by atoms with Gasteiger partial charge in [-0.2, -0.15) is 5.10 Å². The second-order valence-electron chi connectivity index (χ2n) is 8.85. The molecule has 128 valence electrons. The van der Waals surface area contributed by atoms with Crippen molar-refractivity contribution >= 4 is 11.6 Å². The van der Waals surface area contributed by atoms with Gasteiger partial charge in [0.05, 0.1) is 0 Å². The summed E-state index contributed by atoms with van der Waals surface area (Å²) in [5, 5.41) is 4.16. The van der Waals surface area contributed by atoms with Crippen LogP contribution in [0.3, 0.4) is 0 Å². The summed E-state index contributed by atoms with van der Waals surface area (Å²) in [5.74, 6) is 8.26. The molecule has 2 heterocycles. The van der Waals surface area contributed by atoms with Crippen LogP contribution in [0.4, 0.5) is 0 Å². The lowest BCUT2D eigenvalue weighted by atomic mass is 9.53. The third-order valence-corrected chi connectivity index (χ3v) is 8.06. The minimum absolute atomic E-state index is 0.0977. The molecule has 0 spiro atoms. The lowest BCUT2D eigenvalue weighted by Crippen LogP contribution is -2.62. The number of rotatable bonds is 0. The van der Waals surface area contributed by atoms with Gasteiger partial charge in [-0.25, -0.2) is 0 Å². The fourth-order valence-electron chi connectivity index (χ4n) is 6.82. The fourth-order valence-corrected chi connectivity index (χ4v) is 6.82. The Morgan fingerprint density at radius 3 is 2.70 bits per heavy atom. The first kappa shape index (κ1) is 15.5. The van der Waals surface area contributed by atoms with Crippen molar-refractivity contribution in [3.8, 4) is 0 Å². The van der Waals surface area contributed by atoms with Crippen molar-refractivity contribution in [3.05, 3.63) is 0 Å². The molecule has 0 bridgehead atoms. The number of nitrogens with two attached hydrogens (primary N) is 1. The van der Waals surface area contributed by atoms with Crippen LogP contribution < -0.4 is 5.84 Å². The van der Waals surface area contributed by atoms with Crippen LogP contribution in [0.2, 0.25) is 0 Å². The number of piperidine rings is 1. The van der Waals surface area contributed by atoms with Gasteiger partial charge in [0.2, 0.25) is 5.91 Å². The van der Waals surface area contributed by atoms with Crippen LogP contribution in [0.15, 0.2) is 5.10 Å². The summed E-state index contributed by atoms with van der Waals surface area (Å²) in [6.45, 7) is 5.76. The van der Waals surface area contributed by atoms with Gasteiger partial charge in [-0.05, 0) is 69.6 Å². The van der Waals surface area contributed by atoms with E-state index in [2.05, 4.69) is 23.8 Å². The van der Waals surface area contributed by atoms with E-state index >= 15 is 0 Å². The van der Waals surface area contributed by atoms with Crippen LogP contribution in [0.25, 0.3) is 0 Å². The highest BCUT2D eigenvalue weighted by molar-refractivity contribution is 5.92. The second-order valence-corrected chi connectivity index (χ2v) is 8.85. The summed E-state index contributed by atoms with van der Waals surface area (Å²) in [6, 6.07) is 0. The summed E-state index contributed by atoms with van der Waals surface area (Å²) in [5.41, 5.74) is 1.58. The first-order chi connectivity index (χ1) is 11.0. The van der Waals surface area contributed by atoms with Crippen LogP contribution in [0.1, 0.15) is 71.6 Å². The number of hydrogen-bond donors (Lipinski definition) is 1. The second kappa shape index (κ2) is 5.22. The first-order valence-electron chi connectivity index (χ1n) is 9.58. The average molecular weight is 317 g/mol. The maximum absolute atomic E-state index is 12.6. The number of nitrogens with zero attached hydrogens (tertiary/aromatic N) is 2.